The second-order valence-corrected chi connectivity index (χ2v) is 12.2. The Morgan fingerprint density at radius 2 is 0.745 bits per heavy atom. The molecule has 9 aromatic carbocycles. The van der Waals surface area contributed by atoms with Crippen molar-refractivity contribution in [2.45, 2.75) is 0 Å². The molecule has 47 heavy (non-hydrogen) atoms. The Balaban J connectivity index is 1.39. The first-order chi connectivity index (χ1) is 23.3. The van der Waals surface area contributed by atoms with E-state index >= 15 is 0 Å². The third-order valence-corrected chi connectivity index (χ3v) is 9.37. The zero-order valence-electron chi connectivity index (χ0n) is 25.8. The summed E-state index contributed by atoms with van der Waals surface area (Å²) < 4.78 is 0. The van der Waals surface area contributed by atoms with Gasteiger partial charge in [-0.2, -0.15) is 0 Å². The molecule has 0 aromatic heterocycles. The number of anilines is 3. The lowest BCUT2D eigenvalue weighted by atomic mass is 9.91. The molecule has 0 aliphatic heterocycles. The molecule has 0 saturated carbocycles. The number of nitrogens with zero attached hydrogens (tertiary/aromatic N) is 1. The van der Waals surface area contributed by atoms with Gasteiger partial charge in [0.1, 0.15) is 0 Å². The van der Waals surface area contributed by atoms with Crippen LogP contribution in [0.1, 0.15) is 0 Å². The number of benzene rings is 9. The molecule has 0 radical (unpaired) electrons. The molecule has 0 aliphatic carbocycles. The van der Waals surface area contributed by atoms with E-state index in [1.807, 2.05) is 0 Å². The summed E-state index contributed by atoms with van der Waals surface area (Å²) in [5, 5.41) is 10.1. The van der Waals surface area contributed by atoms with E-state index in [4.69, 9.17) is 0 Å². The van der Waals surface area contributed by atoms with Gasteiger partial charge < -0.3 is 4.90 Å². The second-order valence-electron chi connectivity index (χ2n) is 12.2. The van der Waals surface area contributed by atoms with Gasteiger partial charge in [-0.15, -0.1) is 0 Å². The second kappa shape index (κ2) is 11.3. The van der Waals surface area contributed by atoms with Gasteiger partial charge in [-0.1, -0.05) is 158 Å². The van der Waals surface area contributed by atoms with E-state index in [0.717, 1.165) is 17.1 Å². The van der Waals surface area contributed by atoms with Gasteiger partial charge in [-0.3, -0.25) is 0 Å². The fourth-order valence-electron chi connectivity index (χ4n) is 7.19. The van der Waals surface area contributed by atoms with Crippen LogP contribution in [0.5, 0.6) is 0 Å². The average molecular weight is 598 g/mol. The van der Waals surface area contributed by atoms with Gasteiger partial charge in [0.2, 0.25) is 0 Å². The lowest BCUT2D eigenvalue weighted by molar-refractivity contribution is 1.30. The van der Waals surface area contributed by atoms with Crippen LogP contribution in [0.4, 0.5) is 17.1 Å². The topological polar surface area (TPSA) is 3.24 Å². The molecule has 0 aliphatic rings. The van der Waals surface area contributed by atoms with Gasteiger partial charge in [0.05, 0.1) is 5.69 Å². The highest BCUT2D eigenvalue weighted by atomic mass is 15.1. The summed E-state index contributed by atoms with van der Waals surface area (Å²) in [6, 6.07) is 68.3. The molecule has 1 nitrogen and oxygen atoms in total. The monoisotopic (exact) mass is 597 g/mol. The molecule has 9 rings (SSSR count). The van der Waals surface area contributed by atoms with E-state index in [2.05, 4.69) is 193 Å². The highest BCUT2D eigenvalue weighted by molar-refractivity contribution is 6.30. The third kappa shape index (κ3) is 4.72. The third-order valence-electron chi connectivity index (χ3n) is 9.37. The Morgan fingerprint density at radius 3 is 1.34 bits per heavy atom. The molecule has 0 fully saturated rings. The molecule has 0 saturated heterocycles. The minimum absolute atomic E-state index is 1.12. The maximum atomic E-state index is 2.45. The van der Waals surface area contributed by atoms with Crippen molar-refractivity contribution >= 4 is 60.2 Å². The Bertz CT molecular complexity index is 2480. The molecule has 0 amide bonds. The summed E-state index contributed by atoms with van der Waals surface area (Å²) in [7, 11) is 0. The standard InChI is InChI=1S/C46H31N/c1-3-13-32(14-4-1)36-19-11-21-39(29-36)47(40-22-12-20-37(30-40)33-15-5-2-6-16-33)44-31-38-26-25-34-17-7-9-23-41(34)45(38)46-42-24-10-8-18-35(42)27-28-43(44)46/h1-31H. The van der Waals surface area contributed by atoms with Crippen molar-refractivity contribution in [2.24, 2.45) is 0 Å². The first-order valence-corrected chi connectivity index (χ1v) is 16.2. The molecular formula is C46H31N. The van der Waals surface area contributed by atoms with Crippen LogP contribution < -0.4 is 4.90 Å². The summed E-state index contributed by atoms with van der Waals surface area (Å²) in [6.07, 6.45) is 0. The van der Waals surface area contributed by atoms with Crippen LogP contribution in [-0.4, -0.2) is 0 Å². The molecule has 0 N–H and O–H groups in total. The zero-order chi connectivity index (χ0) is 31.2. The highest BCUT2D eigenvalue weighted by Crippen LogP contribution is 2.46. The summed E-state index contributed by atoms with van der Waals surface area (Å²) in [5.74, 6) is 0. The van der Waals surface area contributed by atoms with Gasteiger partial charge in [0.15, 0.2) is 0 Å². The van der Waals surface area contributed by atoms with Crippen molar-refractivity contribution in [3.05, 3.63) is 188 Å². The minimum Gasteiger partial charge on any atom is -0.310 e. The molecule has 0 bridgehead atoms. The molecule has 0 atom stereocenters. The van der Waals surface area contributed by atoms with Gasteiger partial charge in [-0.25, -0.2) is 0 Å². The van der Waals surface area contributed by atoms with Crippen molar-refractivity contribution < 1.29 is 0 Å². The van der Waals surface area contributed by atoms with E-state index < -0.39 is 0 Å². The highest BCUT2D eigenvalue weighted by Gasteiger charge is 2.20. The number of rotatable bonds is 5. The van der Waals surface area contributed by atoms with Gasteiger partial charge in [0.25, 0.3) is 0 Å². The van der Waals surface area contributed by atoms with E-state index in [-0.39, 0.29) is 0 Å². The average Bonchev–Trinajstić information content (AvgIpc) is 3.15. The molecular weight excluding hydrogens is 567 g/mol. The molecule has 1 heteroatoms. The Labute approximate surface area is 274 Å². The van der Waals surface area contributed by atoms with Gasteiger partial charge in [0, 0.05) is 22.1 Å². The summed E-state index contributed by atoms with van der Waals surface area (Å²) in [6.45, 7) is 0. The lowest BCUT2D eigenvalue weighted by Crippen LogP contribution is -2.11. The minimum atomic E-state index is 1.12. The molecule has 0 heterocycles. The Hall–Kier alpha value is -6.18. The predicted octanol–water partition coefficient (Wildman–Crippen LogP) is 13.1. The predicted molar refractivity (Wildman–Crippen MR) is 202 cm³/mol. The van der Waals surface area contributed by atoms with E-state index in [0.29, 0.717) is 0 Å². The van der Waals surface area contributed by atoms with Crippen LogP contribution >= 0.6 is 0 Å². The van der Waals surface area contributed by atoms with Crippen molar-refractivity contribution in [1.29, 1.82) is 0 Å². The SMILES string of the molecule is c1ccc(-c2cccc(N(c3cccc(-c4ccccc4)c3)c3cc4ccc5ccccc5c4c4c3ccc3ccccc34)c2)cc1. The molecule has 0 spiro atoms. The van der Waals surface area contributed by atoms with Crippen molar-refractivity contribution in [1.82, 2.24) is 0 Å². The number of hydrogen-bond donors (Lipinski definition) is 0. The van der Waals surface area contributed by atoms with Crippen LogP contribution in [0.3, 0.4) is 0 Å². The van der Waals surface area contributed by atoms with E-state index in [1.54, 1.807) is 0 Å². The first kappa shape index (κ1) is 27.2. The normalized spacial score (nSPS) is 11.4. The molecule has 220 valence electrons. The quantitative estimate of drug-likeness (QED) is 0.178. The fraction of sp³-hybridized carbons (Fsp3) is 0. The van der Waals surface area contributed by atoms with Crippen LogP contribution in [0.15, 0.2) is 188 Å². The Kier molecular flexibility index (Phi) is 6.54. The maximum absolute atomic E-state index is 2.45. The number of fused-ring (bicyclic) bond motifs is 7. The lowest BCUT2D eigenvalue weighted by Gasteiger charge is -2.29. The van der Waals surface area contributed by atoms with Crippen LogP contribution in [-0.2, 0) is 0 Å². The largest absolute Gasteiger partial charge is 0.310 e. The van der Waals surface area contributed by atoms with E-state index in [1.165, 1.54) is 65.3 Å². The zero-order valence-corrected chi connectivity index (χ0v) is 25.8. The van der Waals surface area contributed by atoms with Crippen LogP contribution in [0.2, 0.25) is 0 Å². The molecule has 9 aromatic rings. The van der Waals surface area contributed by atoms with Gasteiger partial charge >= 0.3 is 0 Å². The van der Waals surface area contributed by atoms with E-state index in [9.17, 15) is 0 Å². The van der Waals surface area contributed by atoms with Crippen LogP contribution in [0, 0.1) is 0 Å². The summed E-state index contributed by atoms with van der Waals surface area (Å²) >= 11 is 0. The maximum Gasteiger partial charge on any atom is 0.0546 e. The van der Waals surface area contributed by atoms with Crippen LogP contribution in [0.25, 0.3) is 65.3 Å². The smallest absolute Gasteiger partial charge is 0.0546 e. The van der Waals surface area contributed by atoms with Crippen molar-refractivity contribution in [2.75, 3.05) is 4.90 Å². The fourth-order valence-corrected chi connectivity index (χ4v) is 7.19. The van der Waals surface area contributed by atoms with Crippen molar-refractivity contribution in [3.63, 3.8) is 0 Å². The first-order valence-electron chi connectivity index (χ1n) is 16.2. The molecule has 0 unspecified atom stereocenters. The van der Waals surface area contributed by atoms with Crippen molar-refractivity contribution in [3.8, 4) is 22.3 Å². The summed E-state index contributed by atoms with van der Waals surface area (Å²) in [5.41, 5.74) is 8.17. The number of hydrogen-bond acceptors (Lipinski definition) is 1. The summed E-state index contributed by atoms with van der Waals surface area (Å²) in [4.78, 5) is 2.45. The van der Waals surface area contributed by atoms with Gasteiger partial charge in [-0.05, 0) is 84.9 Å². The Morgan fingerprint density at radius 1 is 0.277 bits per heavy atom.